The van der Waals surface area contributed by atoms with Crippen LogP contribution in [0.3, 0.4) is 0 Å². The Bertz CT molecular complexity index is 528. The Balaban J connectivity index is 2.08. The molecule has 2 aromatic carbocycles. The van der Waals surface area contributed by atoms with Gasteiger partial charge in [0.25, 0.3) is 0 Å². The number of rotatable bonds is 5. The van der Waals surface area contributed by atoms with Crippen molar-refractivity contribution in [2.24, 2.45) is 5.73 Å². The third-order valence-corrected chi connectivity index (χ3v) is 3.37. The minimum Gasteiger partial charge on any atom is -0.324 e. The van der Waals surface area contributed by atoms with Crippen LogP contribution in [0, 0.1) is 0 Å². The molecule has 98 valence electrons. The molecule has 2 nitrogen and oxygen atoms in total. The maximum atomic E-state index is 10.6. The van der Waals surface area contributed by atoms with E-state index in [0.29, 0.717) is 5.56 Å². The van der Waals surface area contributed by atoms with Crippen molar-refractivity contribution < 1.29 is 4.79 Å². The lowest BCUT2D eigenvalue weighted by Gasteiger charge is -2.10. The highest BCUT2D eigenvalue weighted by molar-refractivity contribution is 5.74. The summed E-state index contributed by atoms with van der Waals surface area (Å²) in [5.74, 6) is 0. The van der Waals surface area contributed by atoms with Crippen LogP contribution in [0.4, 0.5) is 0 Å². The molecule has 0 radical (unpaired) electrons. The van der Waals surface area contributed by atoms with E-state index in [9.17, 15) is 4.79 Å². The van der Waals surface area contributed by atoms with Gasteiger partial charge in [0.2, 0.25) is 0 Å². The van der Waals surface area contributed by atoms with E-state index < -0.39 is 0 Å². The molecule has 0 aliphatic carbocycles. The van der Waals surface area contributed by atoms with E-state index in [1.807, 2.05) is 24.3 Å². The molecule has 0 saturated heterocycles. The highest BCUT2D eigenvalue weighted by Crippen LogP contribution is 2.16. The summed E-state index contributed by atoms with van der Waals surface area (Å²) >= 11 is 0. The van der Waals surface area contributed by atoms with Gasteiger partial charge in [0.05, 0.1) is 0 Å². The van der Waals surface area contributed by atoms with Gasteiger partial charge in [-0.2, -0.15) is 0 Å². The summed E-state index contributed by atoms with van der Waals surface area (Å²) < 4.78 is 0. The Morgan fingerprint density at radius 3 is 2.00 bits per heavy atom. The molecule has 2 heteroatoms. The van der Waals surface area contributed by atoms with Gasteiger partial charge in [-0.25, -0.2) is 0 Å². The molecule has 2 N–H and O–H groups in total. The number of carbonyl (C=O) groups is 1. The Labute approximate surface area is 114 Å². The Morgan fingerprint density at radius 1 is 1.00 bits per heavy atom. The Kier molecular flexibility index (Phi) is 4.48. The van der Waals surface area contributed by atoms with Crippen molar-refractivity contribution in [3.8, 4) is 0 Å². The second-order valence-electron chi connectivity index (χ2n) is 4.79. The van der Waals surface area contributed by atoms with Crippen LogP contribution in [-0.4, -0.2) is 6.29 Å². The lowest BCUT2D eigenvalue weighted by molar-refractivity contribution is 0.112. The third kappa shape index (κ3) is 3.52. The monoisotopic (exact) mass is 253 g/mol. The van der Waals surface area contributed by atoms with Gasteiger partial charge in [0.15, 0.2) is 0 Å². The zero-order chi connectivity index (χ0) is 13.7. The molecule has 0 amide bonds. The second kappa shape index (κ2) is 6.30. The lowest BCUT2D eigenvalue weighted by Crippen LogP contribution is -2.08. The normalized spacial score (nSPS) is 12.1. The summed E-state index contributed by atoms with van der Waals surface area (Å²) in [5.41, 5.74) is 10.4. The van der Waals surface area contributed by atoms with Crippen LogP contribution in [0.25, 0.3) is 0 Å². The van der Waals surface area contributed by atoms with Crippen LogP contribution in [-0.2, 0) is 6.42 Å². The van der Waals surface area contributed by atoms with Crippen LogP contribution in [0.2, 0.25) is 0 Å². The summed E-state index contributed by atoms with van der Waals surface area (Å²) in [6, 6.07) is 16.3. The van der Waals surface area contributed by atoms with Crippen LogP contribution < -0.4 is 5.73 Å². The lowest BCUT2D eigenvalue weighted by atomic mass is 9.99. The quantitative estimate of drug-likeness (QED) is 0.829. The molecule has 0 bridgehead atoms. The Hall–Kier alpha value is -1.93. The first-order valence-corrected chi connectivity index (χ1v) is 6.61. The van der Waals surface area contributed by atoms with E-state index in [4.69, 9.17) is 5.73 Å². The topological polar surface area (TPSA) is 43.1 Å². The van der Waals surface area contributed by atoms with Gasteiger partial charge in [0.1, 0.15) is 6.29 Å². The van der Waals surface area contributed by atoms with Crippen molar-refractivity contribution >= 4 is 6.29 Å². The standard InChI is InChI=1S/C17H19NO/c1-2-17(18)16-9-7-14(8-10-16)11-13-3-5-15(12-19)6-4-13/h3-10,12,17H,2,11,18H2,1H3/t17-/m1/s1. The molecule has 1 atom stereocenters. The van der Waals surface area contributed by atoms with Crippen molar-refractivity contribution in [3.63, 3.8) is 0 Å². The zero-order valence-electron chi connectivity index (χ0n) is 11.2. The summed E-state index contributed by atoms with van der Waals surface area (Å²) in [4.78, 5) is 10.6. The highest BCUT2D eigenvalue weighted by atomic mass is 16.1. The second-order valence-corrected chi connectivity index (χ2v) is 4.79. The van der Waals surface area contributed by atoms with Gasteiger partial charge in [-0.15, -0.1) is 0 Å². The molecule has 0 heterocycles. The minimum atomic E-state index is 0.126. The van der Waals surface area contributed by atoms with Gasteiger partial charge in [-0.1, -0.05) is 55.5 Å². The number of aldehydes is 1. The Morgan fingerprint density at radius 2 is 1.53 bits per heavy atom. The first-order valence-electron chi connectivity index (χ1n) is 6.61. The zero-order valence-corrected chi connectivity index (χ0v) is 11.2. The first-order chi connectivity index (χ1) is 9.22. The number of nitrogens with two attached hydrogens (primary N) is 1. The maximum absolute atomic E-state index is 10.6. The van der Waals surface area contributed by atoms with E-state index >= 15 is 0 Å². The van der Waals surface area contributed by atoms with Gasteiger partial charge in [0, 0.05) is 11.6 Å². The summed E-state index contributed by atoms with van der Waals surface area (Å²) in [5, 5.41) is 0. The molecular formula is C17H19NO. The van der Waals surface area contributed by atoms with Gasteiger partial charge in [-0.05, 0) is 29.5 Å². The molecule has 0 aromatic heterocycles. The van der Waals surface area contributed by atoms with Crippen molar-refractivity contribution in [3.05, 3.63) is 70.8 Å². The highest BCUT2D eigenvalue weighted by Gasteiger charge is 2.03. The predicted molar refractivity (Wildman–Crippen MR) is 78.3 cm³/mol. The largest absolute Gasteiger partial charge is 0.324 e. The van der Waals surface area contributed by atoms with Crippen molar-refractivity contribution in [2.45, 2.75) is 25.8 Å². The van der Waals surface area contributed by atoms with Crippen LogP contribution in [0.1, 0.15) is 46.4 Å². The molecule has 0 fully saturated rings. The molecular weight excluding hydrogens is 234 g/mol. The number of benzene rings is 2. The predicted octanol–water partition coefficient (Wildman–Crippen LogP) is 3.50. The van der Waals surface area contributed by atoms with Crippen molar-refractivity contribution in [1.29, 1.82) is 0 Å². The van der Waals surface area contributed by atoms with Crippen LogP contribution in [0.5, 0.6) is 0 Å². The average Bonchev–Trinajstić information content (AvgIpc) is 2.48. The number of carbonyl (C=O) groups excluding carboxylic acids is 1. The molecule has 0 unspecified atom stereocenters. The van der Waals surface area contributed by atoms with E-state index in [-0.39, 0.29) is 6.04 Å². The molecule has 0 aliphatic rings. The van der Waals surface area contributed by atoms with E-state index in [1.165, 1.54) is 16.7 Å². The van der Waals surface area contributed by atoms with Gasteiger partial charge < -0.3 is 5.73 Å². The molecule has 0 saturated carbocycles. The molecule has 0 aliphatic heterocycles. The average molecular weight is 253 g/mol. The smallest absolute Gasteiger partial charge is 0.150 e. The summed E-state index contributed by atoms with van der Waals surface area (Å²) in [6.07, 6.45) is 2.69. The fraction of sp³-hybridized carbons (Fsp3) is 0.235. The molecule has 2 aromatic rings. The van der Waals surface area contributed by atoms with E-state index in [0.717, 1.165) is 19.1 Å². The van der Waals surface area contributed by atoms with Gasteiger partial charge >= 0.3 is 0 Å². The SMILES string of the molecule is CC[C@@H](N)c1ccc(Cc2ccc(C=O)cc2)cc1. The molecule has 2 rings (SSSR count). The minimum absolute atomic E-state index is 0.126. The van der Waals surface area contributed by atoms with Crippen LogP contribution >= 0.6 is 0 Å². The molecule has 19 heavy (non-hydrogen) atoms. The number of hydrogen-bond donors (Lipinski definition) is 1. The van der Waals surface area contributed by atoms with E-state index in [2.05, 4.69) is 31.2 Å². The molecule has 0 spiro atoms. The number of hydrogen-bond acceptors (Lipinski definition) is 2. The third-order valence-electron chi connectivity index (χ3n) is 3.37. The fourth-order valence-corrected chi connectivity index (χ4v) is 2.07. The van der Waals surface area contributed by atoms with Gasteiger partial charge in [-0.3, -0.25) is 4.79 Å². The first kappa shape index (κ1) is 13.5. The van der Waals surface area contributed by atoms with Crippen LogP contribution in [0.15, 0.2) is 48.5 Å². The summed E-state index contributed by atoms with van der Waals surface area (Å²) in [7, 11) is 0. The summed E-state index contributed by atoms with van der Waals surface area (Å²) in [6.45, 7) is 2.09. The van der Waals surface area contributed by atoms with Crippen molar-refractivity contribution in [1.82, 2.24) is 0 Å². The van der Waals surface area contributed by atoms with E-state index in [1.54, 1.807) is 0 Å². The maximum Gasteiger partial charge on any atom is 0.150 e. The fourth-order valence-electron chi connectivity index (χ4n) is 2.07. The van der Waals surface area contributed by atoms with Crippen molar-refractivity contribution in [2.75, 3.05) is 0 Å².